The van der Waals surface area contributed by atoms with Crippen LogP contribution in [0.3, 0.4) is 0 Å². The van der Waals surface area contributed by atoms with Gasteiger partial charge in [-0.15, -0.1) is 0 Å². The van der Waals surface area contributed by atoms with Gasteiger partial charge in [0.15, 0.2) is 0 Å². The summed E-state index contributed by atoms with van der Waals surface area (Å²) in [6, 6.07) is 9.27. The largest absolute Gasteiger partial charge is 0.379 e. The number of nitrogens with one attached hydrogen (secondary N) is 1. The number of morpholine rings is 1. The van der Waals surface area contributed by atoms with Gasteiger partial charge in [0.2, 0.25) is 0 Å². The number of hydrogen-bond acceptors (Lipinski definition) is 2. The molecule has 1 atom stereocenters. The predicted molar refractivity (Wildman–Crippen MR) is 108 cm³/mol. The number of H-pyrrole nitrogens is 1. The number of aromatic nitrogens is 2. The second-order valence-electron chi connectivity index (χ2n) is 7.47. The third kappa shape index (κ3) is 3.02. The molecule has 3 heterocycles. The highest BCUT2D eigenvalue weighted by molar-refractivity contribution is 9.10. The molecule has 0 saturated carbocycles. The average molecular weight is 414 g/mol. The molecule has 2 aliphatic rings. The summed E-state index contributed by atoms with van der Waals surface area (Å²) < 4.78 is 9.03. The van der Waals surface area contributed by atoms with Crippen LogP contribution in [0.5, 0.6) is 0 Å². The van der Waals surface area contributed by atoms with E-state index in [-0.39, 0.29) is 0 Å². The Balaban J connectivity index is 1.44. The van der Waals surface area contributed by atoms with E-state index in [9.17, 15) is 0 Å². The van der Waals surface area contributed by atoms with Gasteiger partial charge < -0.3 is 14.3 Å². The molecular formula is C21H24BrN3O. The summed E-state index contributed by atoms with van der Waals surface area (Å²) in [6.07, 6.45) is 8.22. The Bertz CT molecular complexity index is 923. The Hall–Kier alpha value is -1.56. The summed E-state index contributed by atoms with van der Waals surface area (Å²) in [5.41, 5.74) is 5.56. The Kier molecular flexibility index (Phi) is 4.39. The van der Waals surface area contributed by atoms with E-state index in [1.807, 2.05) is 0 Å². The molecule has 3 aromatic rings. The molecule has 1 N–H and O–H groups in total. The second kappa shape index (κ2) is 6.87. The van der Waals surface area contributed by atoms with Crippen molar-refractivity contribution in [2.75, 3.05) is 26.3 Å². The maximum absolute atomic E-state index is 5.46. The van der Waals surface area contributed by atoms with Crippen LogP contribution in [0, 0.1) is 0 Å². The third-order valence-corrected chi connectivity index (χ3v) is 6.28. The molecule has 1 saturated heterocycles. The molecule has 2 aromatic heterocycles. The normalized spacial score (nSPS) is 21.2. The summed E-state index contributed by atoms with van der Waals surface area (Å²) in [7, 11) is 0. The molecule has 1 aliphatic heterocycles. The molecule has 26 heavy (non-hydrogen) atoms. The quantitative estimate of drug-likeness (QED) is 0.685. The van der Waals surface area contributed by atoms with Crippen molar-refractivity contribution in [3.05, 3.63) is 58.0 Å². The topological polar surface area (TPSA) is 33.2 Å². The first-order valence-corrected chi connectivity index (χ1v) is 10.3. The van der Waals surface area contributed by atoms with Gasteiger partial charge in [0.25, 0.3) is 0 Å². The maximum Gasteiger partial charge on any atom is 0.0732 e. The number of fused-ring (bicyclic) bond motifs is 3. The standard InChI is InChI=1S/C21H24BrN3O/c22-16-4-5-19-18(12-16)17-2-1-3-20(21(17)23-19)25-7-6-15(14-25)13-24-8-10-26-11-9-24/h4-7,12,14,20,23H,1-3,8-11,13H2. The summed E-state index contributed by atoms with van der Waals surface area (Å²) in [4.78, 5) is 6.20. The molecule has 5 heteroatoms. The van der Waals surface area contributed by atoms with Crippen molar-refractivity contribution in [2.45, 2.75) is 31.8 Å². The fraction of sp³-hybridized carbons (Fsp3) is 0.429. The van der Waals surface area contributed by atoms with E-state index in [0.717, 1.165) is 37.3 Å². The number of benzene rings is 1. The van der Waals surface area contributed by atoms with Gasteiger partial charge in [-0.25, -0.2) is 0 Å². The molecule has 1 aromatic carbocycles. The summed E-state index contributed by atoms with van der Waals surface area (Å²) in [5.74, 6) is 0. The molecule has 0 radical (unpaired) electrons. The lowest BCUT2D eigenvalue weighted by molar-refractivity contribution is 0.0342. The smallest absolute Gasteiger partial charge is 0.0732 e. The average Bonchev–Trinajstić information content (AvgIpc) is 3.27. The van der Waals surface area contributed by atoms with Crippen molar-refractivity contribution >= 4 is 26.8 Å². The number of rotatable bonds is 3. The Morgan fingerprint density at radius 3 is 2.96 bits per heavy atom. The third-order valence-electron chi connectivity index (χ3n) is 5.78. The van der Waals surface area contributed by atoms with E-state index in [1.165, 1.54) is 47.0 Å². The predicted octanol–water partition coefficient (Wildman–Crippen LogP) is 4.49. The van der Waals surface area contributed by atoms with Crippen LogP contribution in [0.4, 0.5) is 0 Å². The number of halogens is 1. The lowest BCUT2D eigenvalue weighted by atomic mass is 9.91. The fourth-order valence-electron chi connectivity index (χ4n) is 4.47. The first-order chi connectivity index (χ1) is 12.8. The van der Waals surface area contributed by atoms with Crippen molar-refractivity contribution in [3.63, 3.8) is 0 Å². The van der Waals surface area contributed by atoms with Gasteiger partial charge in [-0.1, -0.05) is 15.9 Å². The van der Waals surface area contributed by atoms with Crippen molar-refractivity contribution in [1.29, 1.82) is 0 Å². The Morgan fingerprint density at radius 1 is 1.19 bits per heavy atom. The van der Waals surface area contributed by atoms with E-state index in [4.69, 9.17) is 4.74 Å². The van der Waals surface area contributed by atoms with E-state index < -0.39 is 0 Å². The minimum atomic E-state index is 0.420. The summed E-state index contributed by atoms with van der Waals surface area (Å²) in [5, 5.41) is 1.37. The highest BCUT2D eigenvalue weighted by Crippen LogP contribution is 2.38. The lowest BCUT2D eigenvalue weighted by Crippen LogP contribution is -2.35. The van der Waals surface area contributed by atoms with Crippen LogP contribution in [0.1, 0.15) is 35.7 Å². The van der Waals surface area contributed by atoms with Crippen LogP contribution in [0.2, 0.25) is 0 Å². The summed E-state index contributed by atoms with van der Waals surface area (Å²) in [6.45, 7) is 4.82. The minimum absolute atomic E-state index is 0.420. The van der Waals surface area contributed by atoms with Crippen LogP contribution >= 0.6 is 15.9 Å². The number of aromatic amines is 1. The van der Waals surface area contributed by atoms with E-state index in [0.29, 0.717) is 6.04 Å². The van der Waals surface area contributed by atoms with E-state index >= 15 is 0 Å². The van der Waals surface area contributed by atoms with Gasteiger partial charge in [-0.3, -0.25) is 4.90 Å². The number of aryl methyl sites for hydroxylation is 1. The number of ether oxygens (including phenoxy) is 1. The maximum atomic E-state index is 5.46. The van der Waals surface area contributed by atoms with Gasteiger partial charge in [-0.05, 0) is 54.7 Å². The molecule has 5 rings (SSSR count). The lowest BCUT2D eigenvalue weighted by Gasteiger charge is -2.26. The first kappa shape index (κ1) is 16.6. The van der Waals surface area contributed by atoms with Gasteiger partial charge in [0.05, 0.1) is 19.3 Å². The van der Waals surface area contributed by atoms with Crippen LogP contribution < -0.4 is 0 Å². The molecule has 136 valence electrons. The summed E-state index contributed by atoms with van der Waals surface area (Å²) >= 11 is 3.62. The van der Waals surface area contributed by atoms with E-state index in [1.54, 1.807) is 0 Å². The highest BCUT2D eigenvalue weighted by atomic mass is 79.9. The van der Waals surface area contributed by atoms with Gasteiger partial charge in [-0.2, -0.15) is 0 Å². The molecule has 4 nitrogen and oxygen atoms in total. The van der Waals surface area contributed by atoms with Crippen molar-refractivity contribution in [3.8, 4) is 0 Å². The SMILES string of the molecule is Brc1ccc2[nH]c3c(c2c1)CCCC3n1ccc(CN2CCOCC2)c1. The van der Waals surface area contributed by atoms with Gasteiger partial charge in [0.1, 0.15) is 0 Å². The molecule has 1 fully saturated rings. The molecule has 1 unspecified atom stereocenters. The Morgan fingerprint density at radius 2 is 2.08 bits per heavy atom. The second-order valence-corrected chi connectivity index (χ2v) is 8.39. The van der Waals surface area contributed by atoms with Crippen molar-refractivity contribution in [2.24, 2.45) is 0 Å². The molecule has 0 spiro atoms. The van der Waals surface area contributed by atoms with Crippen LogP contribution in [-0.2, 0) is 17.7 Å². The van der Waals surface area contributed by atoms with Crippen LogP contribution in [0.15, 0.2) is 41.1 Å². The van der Waals surface area contributed by atoms with Crippen LogP contribution in [-0.4, -0.2) is 40.8 Å². The zero-order chi connectivity index (χ0) is 17.5. The molecular weight excluding hydrogens is 390 g/mol. The molecule has 0 bridgehead atoms. The highest BCUT2D eigenvalue weighted by Gasteiger charge is 2.25. The van der Waals surface area contributed by atoms with Crippen LogP contribution in [0.25, 0.3) is 10.9 Å². The van der Waals surface area contributed by atoms with Gasteiger partial charge >= 0.3 is 0 Å². The molecule has 0 amide bonds. The zero-order valence-electron chi connectivity index (χ0n) is 14.9. The minimum Gasteiger partial charge on any atom is -0.379 e. The van der Waals surface area contributed by atoms with Crippen molar-refractivity contribution in [1.82, 2.24) is 14.5 Å². The Labute approximate surface area is 162 Å². The number of hydrogen-bond donors (Lipinski definition) is 1. The van der Waals surface area contributed by atoms with E-state index in [2.05, 4.69) is 67.0 Å². The van der Waals surface area contributed by atoms with Crippen molar-refractivity contribution < 1.29 is 4.74 Å². The fourth-order valence-corrected chi connectivity index (χ4v) is 4.83. The van der Waals surface area contributed by atoms with Gasteiger partial charge in [0, 0.05) is 53.1 Å². The zero-order valence-corrected chi connectivity index (χ0v) is 16.5. The monoisotopic (exact) mass is 413 g/mol. The molecule has 1 aliphatic carbocycles. The number of nitrogens with zero attached hydrogens (tertiary/aromatic N) is 2. The first-order valence-electron chi connectivity index (χ1n) is 9.54.